The van der Waals surface area contributed by atoms with Crippen LogP contribution >= 0.6 is 0 Å². The lowest BCUT2D eigenvalue weighted by molar-refractivity contribution is 0.0526. The Morgan fingerprint density at radius 3 is 2.32 bits per heavy atom. The molecule has 0 fully saturated rings. The number of esters is 1. The number of hydrogen-bond donors (Lipinski definition) is 2. The Morgan fingerprint density at radius 1 is 1.08 bits per heavy atom. The van der Waals surface area contributed by atoms with Gasteiger partial charge < -0.3 is 10.1 Å². The molecular weight excluding hydrogens is 342 g/mol. The van der Waals surface area contributed by atoms with Crippen molar-refractivity contribution in [1.82, 2.24) is 4.98 Å². The molecule has 8 heteroatoms. The number of ether oxygens (including phenoxy) is 1. The molecule has 7 nitrogen and oxygen atoms in total. The molecular formula is C17H21N3O4S. The van der Waals surface area contributed by atoms with Gasteiger partial charge in [0.2, 0.25) is 10.0 Å². The maximum Gasteiger partial charge on any atom is 0.338 e. The van der Waals surface area contributed by atoms with Gasteiger partial charge in [0.25, 0.3) is 0 Å². The van der Waals surface area contributed by atoms with E-state index < -0.39 is 10.0 Å². The predicted molar refractivity (Wildman–Crippen MR) is 97.6 cm³/mol. The molecule has 134 valence electrons. The minimum Gasteiger partial charge on any atom is -0.462 e. The molecule has 0 aliphatic carbocycles. The summed E-state index contributed by atoms with van der Waals surface area (Å²) < 4.78 is 30.8. The van der Waals surface area contributed by atoms with Gasteiger partial charge in [-0.25, -0.2) is 18.2 Å². The maximum absolute atomic E-state index is 11.7. The molecule has 25 heavy (non-hydrogen) atoms. The number of hydrogen-bond acceptors (Lipinski definition) is 6. The zero-order valence-electron chi connectivity index (χ0n) is 14.2. The number of aromatic nitrogens is 1. The first kappa shape index (κ1) is 18.7. The number of nitrogens with zero attached hydrogens (tertiary/aromatic N) is 1. The van der Waals surface area contributed by atoms with Crippen LogP contribution in [-0.2, 0) is 14.8 Å². The minimum atomic E-state index is -3.33. The zero-order valence-corrected chi connectivity index (χ0v) is 15.0. The largest absolute Gasteiger partial charge is 0.462 e. The van der Waals surface area contributed by atoms with Crippen molar-refractivity contribution >= 4 is 33.2 Å². The first-order valence-corrected chi connectivity index (χ1v) is 9.59. The van der Waals surface area contributed by atoms with E-state index in [2.05, 4.69) is 15.0 Å². The Morgan fingerprint density at radius 2 is 1.76 bits per heavy atom. The number of pyridine rings is 1. The van der Waals surface area contributed by atoms with Crippen LogP contribution in [0.15, 0.2) is 42.6 Å². The van der Waals surface area contributed by atoms with Crippen molar-refractivity contribution in [3.63, 3.8) is 0 Å². The lowest BCUT2D eigenvalue weighted by Gasteiger charge is -2.09. The van der Waals surface area contributed by atoms with Crippen molar-refractivity contribution in [1.29, 1.82) is 0 Å². The molecule has 1 aromatic heterocycles. The summed E-state index contributed by atoms with van der Waals surface area (Å²) in [5.41, 5.74) is 1.64. The van der Waals surface area contributed by atoms with Gasteiger partial charge in [0.1, 0.15) is 5.82 Å². The van der Waals surface area contributed by atoms with Gasteiger partial charge in [0.15, 0.2) is 0 Å². The van der Waals surface area contributed by atoms with Gasteiger partial charge in [-0.15, -0.1) is 0 Å². The summed E-state index contributed by atoms with van der Waals surface area (Å²) in [6, 6.07) is 10.1. The third kappa shape index (κ3) is 5.75. The lowest BCUT2D eigenvalue weighted by Crippen LogP contribution is -2.16. The average Bonchev–Trinajstić information content (AvgIpc) is 2.57. The molecule has 0 spiro atoms. The molecule has 0 saturated carbocycles. The molecule has 1 aromatic carbocycles. The average molecular weight is 363 g/mol. The molecule has 2 N–H and O–H groups in total. The Balaban J connectivity index is 2.00. The number of carbonyl (C=O) groups excluding carboxylic acids is 1. The van der Waals surface area contributed by atoms with Crippen LogP contribution in [0.5, 0.6) is 0 Å². The Bertz CT molecular complexity index is 803. The van der Waals surface area contributed by atoms with Gasteiger partial charge in [-0.2, -0.15) is 0 Å². The zero-order chi connectivity index (χ0) is 18.3. The van der Waals surface area contributed by atoms with E-state index in [4.69, 9.17) is 4.74 Å². The van der Waals surface area contributed by atoms with E-state index in [1.807, 2.05) is 0 Å². The van der Waals surface area contributed by atoms with E-state index >= 15 is 0 Å². The second-order valence-corrected chi connectivity index (χ2v) is 7.12. The molecule has 0 atom stereocenters. The monoisotopic (exact) mass is 363 g/mol. The number of sulfonamides is 1. The second kappa shape index (κ2) is 8.48. The van der Waals surface area contributed by atoms with Crippen LogP contribution in [0, 0.1) is 0 Å². The molecule has 0 unspecified atom stereocenters. The highest BCUT2D eigenvalue weighted by molar-refractivity contribution is 7.92. The van der Waals surface area contributed by atoms with Gasteiger partial charge in [0, 0.05) is 5.69 Å². The van der Waals surface area contributed by atoms with Crippen molar-refractivity contribution in [2.75, 3.05) is 22.4 Å². The van der Waals surface area contributed by atoms with E-state index in [0.29, 0.717) is 30.1 Å². The molecule has 2 rings (SSSR count). The predicted octanol–water partition coefficient (Wildman–Crippen LogP) is 3.15. The van der Waals surface area contributed by atoms with Gasteiger partial charge >= 0.3 is 5.97 Å². The van der Waals surface area contributed by atoms with Gasteiger partial charge in [-0.1, -0.05) is 6.92 Å². The number of rotatable bonds is 8. The molecule has 2 aromatic rings. The number of carbonyl (C=O) groups is 1. The molecule has 0 bridgehead atoms. The Labute approximate surface area is 147 Å². The summed E-state index contributed by atoms with van der Waals surface area (Å²) in [6.45, 7) is 3.89. The molecule has 0 aliphatic heterocycles. The summed E-state index contributed by atoms with van der Waals surface area (Å²) in [4.78, 5) is 15.8. The van der Waals surface area contributed by atoms with Crippen LogP contribution in [0.1, 0.15) is 30.6 Å². The number of benzene rings is 1. The van der Waals surface area contributed by atoms with Crippen molar-refractivity contribution < 1.29 is 17.9 Å². The molecule has 0 saturated heterocycles. The summed E-state index contributed by atoms with van der Waals surface area (Å²) in [6.07, 6.45) is 1.99. The molecule has 0 aliphatic rings. The van der Waals surface area contributed by atoms with Crippen LogP contribution in [0.3, 0.4) is 0 Å². The fraction of sp³-hybridized carbons (Fsp3) is 0.294. The highest BCUT2D eigenvalue weighted by Crippen LogP contribution is 2.18. The van der Waals surface area contributed by atoms with Crippen LogP contribution in [0.25, 0.3) is 0 Å². The van der Waals surface area contributed by atoms with E-state index in [9.17, 15) is 13.2 Å². The van der Waals surface area contributed by atoms with Crippen molar-refractivity contribution in [2.45, 2.75) is 20.3 Å². The van der Waals surface area contributed by atoms with Crippen LogP contribution in [-0.4, -0.2) is 31.7 Å². The summed E-state index contributed by atoms with van der Waals surface area (Å²) in [5, 5.41) is 3.08. The van der Waals surface area contributed by atoms with E-state index in [0.717, 1.165) is 5.69 Å². The second-order valence-electron chi connectivity index (χ2n) is 5.28. The normalized spacial score (nSPS) is 11.0. The standard InChI is InChI=1S/C17H21N3O4S/c1-3-11-25(22,23)20-15-9-10-16(18-12-15)19-14-7-5-13(6-8-14)17(21)24-4-2/h5-10,12,20H,3-4,11H2,1-2H3,(H,18,19). The first-order valence-electron chi connectivity index (χ1n) is 7.94. The molecule has 1 heterocycles. The van der Waals surface area contributed by atoms with E-state index in [1.165, 1.54) is 6.20 Å². The minimum absolute atomic E-state index is 0.0693. The fourth-order valence-electron chi connectivity index (χ4n) is 2.08. The number of anilines is 3. The topological polar surface area (TPSA) is 97.4 Å². The quantitative estimate of drug-likeness (QED) is 0.699. The van der Waals surface area contributed by atoms with Crippen molar-refractivity contribution in [3.8, 4) is 0 Å². The fourth-order valence-corrected chi connectivity index (χ4v) is 3.20. The molecule has 0 radical (unpaired) electrons. The number of nitrogens with one attached hydrogen (secondary N) is 2. The van der Waals surface area contributed by atoms with E-state index in [1.54, 1.807) is 50.2 Å². The van der Waals surface area contributed by atoms with Crippen LogP contribution < -0.4 is 10.0 Å². The highest BCUT2D eigenvalue weighted by atomic mass is 32.2. The Kier molecular flexibility index (Phi) is 6.35. The third-order valence-corrected chi connectivity index (χ3v) is 4.67. The first-order chi connectivity index (χ1) is 11.9. The summed E-state index contributed by atoms with van der Waals surface area (Å²) >= 11 is 0. The maximum atomic E-state index is 11.7. The summed E-state index contributed by atoms with van der Waals surface area (Å²) in [7, 11) is -3.33. The SMILES string of the molecule is CCCS(=O)(=O)Nc1ccc(Nc2ccc(C(=O)OCC)cc2)nc1. The van der Waals surface area contributed by atoms with Gasteiger partial charge in [-0.3, -0.25) is 4.72 Å². The Hall–Kier alpha value is -2.61. The van der Waals surface area contributed by atoms with Gasteiger partial charge in [-0.05, 0) is 49.7 Å². The van der Waals surface area contributed by atoms with Crippen molar-refractivity contribution in [3.05, 3.63) is 48.2 Å². The van der Waals surface area contributed by atoms with E-state index in [-0.39, 0.29) is 11.7 Å². The lowest BCUT2D eigenvalue weighted by atomic mass is 10.2. The summed E-state index contributed by atoms with van der Waals surface area (Å²) in [5.74, 6) is 0.262. The highest BCUT2D eigenvalue weighted by Gasteiger charge is 2.09. The van der Waals surface area contributed by atoms with Crippen LogP contribution in [0.4, 0.5) is 17.2 Å². The van der Waals surface area contributed by atoms with Crippen molar-refractivity contribution in [2.24, 2.45) is 0 Å². The van der Waals surface area contributed by atoms with Crippen LogP contribution in [0.2, 0.25) is 0 Å². The molecule has 0 amide bonds. The smallest absolute Gasteiger partial charge is 0.338 e. The third-order valence-electron chi connectivity index (χ3n) is 3.18. The van der Waals surface area contributed by atoms with Gasteiger partial charge in [0.05, 0.1) is 29.8 Å².